The van der Waals surface area contributed by atoms with E-state index in [1.54, 1.807) is 6.92 Å². The van der Waals surface area contributed by atoms with Gasteiger partial charge in [0.1, 0.15) is 0 Å². The van der Waals surface area contributed by atoms with Gasteiger partial charge >= 0.3 is 14.2 Å². The van der Waals surface area contributed by atoms with Crippen LogP contribution in [-0.2, 0) is 13.8 Å². The summed E-state index contributed by atoms with van der Waals surface area (Å²) in [5.41, 5.74) is 0. The molecular weight excluding hydrogens is 208 g/mol. The van der Waals surface area contributed by atoms with Crippen molar-refractivity contribution < 1.29 is 27.0 Å². The predicted octanol–water partition coefficient (Wildman–Crippen LogP) is 2.34. The highest BCUT2D eigenvalue weighted by molar-refractivity contribution is 7.39. The van der Waals surface area contributed by atoms with Crippen LogP contribution in [0.5, 0.6) is 0 Å². The molecule has 0 fully saturated rings. The molecule has 7 heteroatoms. The zero-order chi connectivity index (χ0) is 10.5. The van der Waals surface area contributed by atoms with Gasteiger partial charge in [-0.3, -0.25) is 0 Å². The number of methoxy groups -OCH3 is 1. The molecule has 0 aliphatic carbocycles. The second kappa shape index (κ2) is 5.52. The van der Waals surface area contributed by atoms with Crippen LogP contribution in [0.2, 0.25) is 0 Å². The van der Waals surface area contributed by atoms with Crippen molar-refractivity contribution in [3.05, 3.63) is 0 Å². The Morgan fingerprint density at radius 2 is 2.00 bits per heavy atom. The fraction of sp³-hybridized carbons (Fsp3) is 1.00. The SMILES string of the molecule is CCO[P+](=O)CC(OC)C(F)(F)F. The summed E-state index contributed by atoms with van der Waals surface area (Å²) in [6, 6.07) is 0. The first-order valence-electron chi connectivity index (χ1n) is 3.58. The van der Waals surface area contributed by atoms with Crippen LogP contribution in [0.3, 0.4) is 0 Å². The van der Waals surface area contributed by atoms with Crippen molar-refractivity contribution in [2.45, 2.75) is 19.2 Å². The highest BCUT2D eigenvalue weighted by atomic mass is 31.1. The van der Waals surface area contributed by atoms with Crippen LogP contribution in [0.15, 0.2) is 0 Å². The zero-order valence-corrected chi connectivity index (χ0v) is 8.19. The quantitative estimate of drug-likeness (QED) is 0.665. The number of hydrogen-bond acceptors (Lipinski definition) is 3. The maximum Gasteiger partial charge on any atom is 0.511 e. The summed E-state index contributed by atoms with van der Waals surface area (Å²) in [7, 11) is -1.36. The third-order valence-corrected chi connectivity index (χ3v) is 2.41. The first kappa shape index (κ1) is 12.8. The molecule has 0 heterocycles. The minimum atomic E-state index is -4.49. The van der Waals surface area contributed by atoms with E-state index in [-0.39, 0.29) is 6.61 Å². The van der Waals surface area contributed by atoms with E-state index in [2.05, 4.69) is 9.26 Å². The van der Waals surface area contributed by atoms with Crippen LogP contribution in [0.4, 0.5) is 13.2 Å². The summed E-state index contributed by atoms with van der Waals surface area (Å²) in [6.07, 6.45) is -7.15. The molecule has 0 bridgehead atoms. The lowest BCUT2D eigenvalue weighted by atomic mass is 10.4. The molecule has 0 aromatic heterocycles. The zero-order valence-electron chi connectivity index (χ0n) is 7.30. The van der Waals surface area contributed by atoms with Crippen LogP contribution in [0, 0.1) is 0 Å². The Bertz CT molecular complexity index is 171. The van der Waals surface area contributed by atoms with E-state index in [0.29, 0.717) is 0 Å². The highest BCUT2D eigenvalue weighted by Crippen LogP contribution is 2.31. The van der Waals surface area contributed by atoms with Crippen LogP contribution < -0.4 is 0 Å². The van der Waals surface area contributed by atoms with Gasteiger partial charge in [0.25, 0.3) is 0 Å². The van der Waals surface area contributed by atoms with E-state index in [9.17, 15) is 17.7 Å². The van der Waals surface area contributed by atoms with Gasteiger partial charge in [-0.2, -0.15) is 13.2 Å². The van der Waals surface area contributed by atoms with Gasteiger partial charge in [-0.05, 0) is 11.5 Å². The van der Waals surface area contributed by atoms with Crippen molar-refractivity contribution in [3.63, 3.8) is 0 Å². The second-order valence-electron chi connectivity index (χ2n) is 2.20. The lowest BCUT2D eigenvalue weighted by Gasteiger charge is -2.13. The summed E-state index contributed by atoms with van der Waals surface area (Å²) in [4.78, 5) is 0. The lowest BCUT2D eigenvalue weighted by molar-refractivity contribution is -0.205. The molecule has 3 nitrogen and oxygen atoms in total. The summed E-state index contributed by atoms with van der Waals surface area (Å²) in [5.74, 6) is 0. The van der Waals surface area contributed by atoms with E-state index in [4.69, 9.17) is 0 Å². The Balaban J connectivity index is 4.06. The van der Waals surface area contributed by atoms with E-state index >= 15 is 0 Å². The van der Waals surface area contributed by atoms with Gasteiger partial charge in [-0.15, -0.1) is 4.52 Å². The molecule has 2 unspecified atom stereocenters. The smallest absolute Gasteiger partial charge is 0.368 e. The normalized spacial score (nSPS) is 15.6. The van der Waals surface area contributed by atoms with Crippen molar-refractivity contribution in [2.24, 2.45) is 0 Å². The van der Waals surface area contributed by atoms with Crippen molar-refractivity contribution in [2.75, 3.05) is 19.9 Å². The van der Waals surface area contributed by atoms with E-state index < -0.39 is 26.5 Å². The van der Waals surface area contributed by atoms with Crippen molar-refractivity contribution in [3.8, 4) is 0 Å². The van der Waals surface area contributed by atoms with E-state index in [0.717, 1.165) is 7.11 Å². The summed E-state index contributed by atoms with van der Waals surface area (Å²) in [5, 5.41) is 0. The maximum atomic E-state index is 12.0. The third kappa shape index (κ3) is 5.18. The molecule has 0 saturated heterocycles. The molecule has 78 valence electrons. The molecule has 0 radical (unpaired) electrons. The van der Waals surface area contributed by atoms with Crippen LogP contribution in [0.25, 0.3) is 0 Å². The highest BCUT2D eigenvalue weighted by Gasteiger charge is 2.45. The molecule has 0 spiro atoms. The molecule has 0 N–H and O–H groups in total. The predicted molar refractivity (Wildman–Crippen MR) is 41.0 cm³/mol. The Morgan fingerprint density at radius 3 is 2.31 bits per heavy atom. The topological polar surface area (TPSA) is 35.5 Å². The standard InChI is InChI=1S/C6H11F3O3P/c1-3-12-13(10)4-5(11-2)6(7,8)9/h5H,3-4H2,1-2H3/q+1. The van der Waals surface area contributed by atoms with Gasteiger partial charge in [-0.1, -0.05) is 0 Å². The number of ether oxygens (including phenoxy) is 1. The number of alkyl halides is 3. The lowest BCUT2D eigenvalue weighted by Crippen LogP contribution is -2.32. The first-order chi connectivity index (χ1) is 5.91. The molecule has 0 amide bonds. The molecule has 2 atom stereocenters. The van der Waals surface area contributed by atoms with Crippen molar-refractivity contribution >= 4 is 8.03 Å². The molecule has 0 rings (SSSR count). The molecule has 0 aromatic rings. The van der Waals surface area contributed by atoms with Crippen LogP contribution in [0.1, 0.15) is 6.92 Å². The molecular formula is C6H11F3O3P+. The fourth-order valence-electron chi connectivity index (χ4n) is 0.644. The fourth-order valence-corrected chi connectivity index (χ4v) is 1.66. The number of halogens is 3. The van der Waals surface area contributed by atoms with E-state index in [1.807, 2.05) is 0 Å². The van der Waals surface area contributed by atoms with Gasteiger partial charge in [0.2, 0.25) is 6.16 Å². The molecule has 0 aromatic carbocycles. The first-order valence-corrected chi connectivity index (χ1v) is 4.95. The molecule has 0 aliphatic heterocycles. The maximum absolute atomic E-state index is 12.0. The monoisotopic (exact) mass is 219 g/mol. The van der Waals surface area contributed by atoms with Gasteiger partial charge in [0, 0.05) is 7.11 Å². The Kier molecular flexibility index (Phi) is 5.44. The summed E-state index contributed by atoms with van der Waals surface area (Å²) >= 11 is 0. The van der Waals surface area contributed by atoms with Crippen molar-refractivity contribution in [1.82, 2.24) is 0 Å². The third-order valence-electron chi connectivity index (χ3n) is 1.24. The average molecular weight is 219 g/mol. The van der Waals surface area contributed by atoms with Crippen LogP contribution in [-0.4, -0.2) is 32.2 Å². The summed E-state index contributed by atoms with van der Waals surface area (Å²) < 4.78 is 55.5. The van der Waals surface area contributed by atoms with Gasteiger partial charge in [-0.25, -0.2) is 0 Å². The minimum Gasteiger partial charge on any atom is -0.368 e. The summed E-state index contributed by atoms with van der Waals surface area (Å²) in [6.45, 7) is 1.69. The van der Waals surface area contributed by atoms with Crippen molar-refractivity contribution in [1.29, 1.82) is 0 Å². The largest absolute Gasteiger partial charge is 0.511 e. The molecule has 0 aliphatic rings. The molecule has 0 saturated carbocycles. The molecule has 13 heavy (non-hydrogen) atoms. The van der Waals surface area contributed by atoms with Gasteiger partial charge in [0.15, 0.2) is 6.10 Å². The minimum absolute atomic E-state index is 0.128. The average Bonchev–Trinajstić information content (AvgIpc) is 1.98. The van der Waals surface area contributed by atoms with Crippen LogP contribution >= 0.6 is 8.03 Å². The Hall–Kier alpha value is -0.190. The van der Waals surface area contributed by atoms with E-state index in [1.165, 1.54) is 0 Å². The Labute approximate surface area is 75.1 Å². The number of hydrogen-bond donors (Lipinski definition) is 0. The van der Waals surface area contributed by atoms with Gasteiger partial charge in [0.05, 0.1) is 6.61 Å². The Morgan fingerprint density at radius 1 is 1.46 bits per heavy atom. The second-order valence-corrected chi connectivity index (χ2v) is 3.49. The van der Waals surface area contributed by atoms with Gasteiger partial charge < -0.3 is 4.74 Å². The number of rotatable bonds is 5.